The molecule has 4 nitrogen and oxygen atoms in total. The molecule has 1 saturated carbocycles. The molecule has 0 aromatic heterocycles. The lowest BCUT2D eigenvalue weighted by Crippen LogP contribution is -2.31. The zero-order valence-electron chi connectivity index (χ0n) is 5.51. The van der Waals surface area contributed by atoms with Gasteiger partial charge >= 0.3 is 0 Å². The van der Waals surface area contributed by atoms with E-state index < -0.39 is 18.3 Å². The highest BCUT2D eigenvalue weighted by Crippen LogP contribution is 2.25. The molecular formula is C6H12O4. The molecule has 0 bridgehead atoms. The fourth-order valence-electron chi connectivity index (χ4n) is 1.28. The van der Waals surface area contributed by atoms with Gasteiger partial charge in [-0.2, -0.15) is 0 Å². The zero-order chi connectivity index (χ0) is 7.72. The minimum absolute atomic E-state index is 0.185. The van der Waals surface area contributed by atoms with Gasteiger partial charge in [-0.3, -0.25) is 0 Å². The maximum Gasteiger partial charge on any atom is 0.106 e. The van der Waals surface area contributed by atoms with E-state index in [-0.39, 0.29) is 18.9 Å². The molecule has 0 aromatic carbocycles. The quantitative estimate of drug-likeness (QED) is 0.349. The summed E-state index contributed by atoms with van der Waals surface area (Å²) < 4.78 is 0. The molecule has 1 fully saturated rings. The van der Waals surface area contributed by atoms with Crippen molar-refractivity contribution < 1.29 is 20.4 Å². The first-order valence-electron chi connectivity index (χ1n) is 3.32. The minimum atomic E-state index is -1.09. The molecule has 4 heteroatoms. The Hall–Kier alpha value is -0.160. The number of hydrogen-bond acceptors (Lipinski definition) is 4. The maximum atomic E-state index is 9.06. The molecule has 10 heavy (non-hydrogen) atoms. The van der Waals surface area contributed by atoms with E-state index in [0.717, 1.165) is 0 Å². The van der Waals surface area contributed by atoms with E-state index in [1.165, 1.54) is 0 Å². The summed E-state index contributed by atoms with van der Waals surface area (Å²) in [6.07, 6.45) is -2.66. The van der Waals surface area contributed by atoms with Crippen molar-refractivity contribution in [2.75, 3.05) is 6.61 Å². The first-order valence-corrected chi connectivity index (χ1v) is 3.32. The van der Waals surface area contributed by atoms with Crippen LogP contribution in [0.25, 0.3) is 0 Å². The van der Waals surface area contributed by atoms with E-state index in [9.17, 15) is 0 Å². The fourth-order valence-corrected chi connectivity index (χ4v) is 1.28. The molecule has 0 saturated heterocycles. The molecule has 1 aliphatic carbocycles. The molecular weight excluding hydrogens is 136 g/mol. The molecule has 1 rings (SSSR count). The van der Waals surface area contributed by atoms with Gasteiger partial charge in [-0.05, 0) is 6.42 Å². The van der Waals surface area contributed by atoms with Crippen molar-refractivity contribution in [2.45, 2.75) is 24.7 Å². The van der Waals surface area contributed by atoms with Gasteiger partial charge in [0.15, 0.2) is 0 Å². The Bertz CT molecular complexity index is 116. The molecule has 0 heterocycles. The first kappa shape index (κ1) is 7.94. The van der Waals surface area contributed by atoms with Crippen LogP contribution >= 0.6 is 0 Å². The van der Waals surface area contributed by atoms with Gasteiger partial charge in [0.2, 0.25) is 0 Å². The highest BCUT2D eigenvalue weighted by Gasteiger charge is 2.39. The van der Waals surface area contributed by atoms with E-state index >= 15 is 0 Å². The maximum absolute atomic E-state index is 9.06. The van der Waals surface area contributed by atoms with E-state index in [4.69, 9.17) is 20.4 Å². The molecule has 0 unspecified atom stereocenters. The lowest BCUT2D eigenvalue weighted by molar-refractivity contribution is -0.0302. The van der Waals surface area contributed by atoms with Gasteiger partial charge in [0, 0.05) is 12.5 Å². The molecule has 1 aliphatic rings. The van der Waals surface area contributed by atoms with Crippen LogP contribution in [0.4, 0.5) is 0 Å². The molecule has 0 amide bonds. The number of rotatable bonds is 1. The van der Waals surface area contributed by atoms with Crippen molar-refractivity contribution in [1.29, 1.82) is 0 Å². The van der Waals surface area contributed by atoms with Gasteiger partial charge in [0.1, 0.15) is 6.10 Å². The van der Waals surface area contributed by atoms with E-state index in [2.05, 4.69) is 0 Å². The normalized spacial score (nSPS) is 48.0. The molecule has 0 spiro atoms. The topological polar surface area (TPSA) is 80.9 Å². The van der Waals surface area contributed by atoms with Crippen LogP contribution < -0.4 is 0 Å². The minimum Gasteiger partial charge on any atom is -0.396 e. The highest BCUT2D eigenvalue weighted by molar-refractivity contribution is 4.90. The summed E-state index contributed by atoms with van der Waals surface area (Å²) in [6.45, 7) is -0.185. The lowest BCUT2D eigenvalue weighted by atomic mass is 10.1. The number of aliphatic hydroxyl groups is 4. The van der Waals surface area contributed by atoms with Crippen LogP contribution in [0.2, 0.25) is 0 Å². The summed E-state index contributed by atoms with van der Waals surface area (Å²) in [5.41, 5.74) is 0. The van der Waals surface area contributed by atoms with Crippen LogP contribution in [0.5, 0.6) is 0 Å². The van der Waals surface area contributed by atoms with Crippen molar-refractivity contribution in [3.8, 4) is 0 Å². The van der Waals surface area contributed by atoms with Gasteiger partial charge in [-0.15, -0.1) is 0 Å². The van der Waals surface area contributed by atoms with Crippen molar-refractivity contribution >= 4 is 0 Å². The third kappa shape index (κ3) is 1.15. The Morgan fingerprint density at radius 1 is 1.10 bits per heavy atom. The van der Waals surface area contributed by atoms with Crippen molar-refractivity contribution in [1.82, 2.24) is 0 Å². The summed E-state index contributed by atoms with van der Waals surface area (Å²) in [7, 11) is 0. The van der Waals surface area contributed by atoms with Gasteiger partial charge in [-0.25, -0.2) is 0 Å². The average molecular weight is 148 g/mol. The van der Waals surface area contributed by atoms with Crippen LogP contribution in [0.1, 0.15) is 6.42 Å². The number of hydrogen-bond donors (Lipinski definition) is 4. The Morgan fingerprint density at radius 2 is 1.70 bits per heavy atom. The molecule has 0 aromatic rings. The fraction of sp³-hybridized carbons (Fsp3) is 1.00. The second kappa shape index (κ2) is 2.84. The third-order valence-corrected chi connectivity index (χ3v) is 2.01. The number of aliphatic hydroxyl groups excluding tert-OH is 4. The van der Waals surface area contributed by atoms with Gasteiger partial charge in [0.05, 0.1) is 12.2 Å². The van der Waals surface area contributed by atoms with E-state index in [1.54, 1.807) is 0 Å². The third-order valence-electron chi connectivity index (χ3n) is 2.01. The SMILES string of the molecule is OC[C@@H]1C[C@H](O)[C@@H](O)[C@@H]1O. The first-order chi connectivity index (χ1) is 4.66. The Kier molecular flexibility index (Phi) is 2.25. The second-order valence-corrected chi connectivity index (χ2v) is 2.73. The Balaban J connectivity index is 2.53. The van der Waals surface area contributed by atoms with Crippen LogP contribution in [0.15, 0.2) is 0 Å². The van der Waals surface area contributed by atoms with E-state index in [1.807, 2.05) is 0 Å². The van der Waals surface area contributed by atoms with Crippen LogP contribution in [-0.4, -0.2) is 45.3 Å². The monoisotopic (exact) mass is 148 g/mol. The second-order valence-electron chi connectivity index (χ2n) is 2.73. The van der Waals surface area contributed by atoms with Crippen molar-refractivity contribution in [3.05, 3.63) is 0 Å². The lowest BCUT2D eigenvalue weighted by Gasteiger charge is -2.12. The molecule has 4 atom stereocenters. The highest BCUT2D eigenvalue weighted by atomic mass is 16.4. The summed E-state index contributed by atoms with van der Waals surface area (Å²) >= 11 is 0. The molecule has 4 N–H and O–H groups in total. The summed E-state index contributed by atoms with van der Waals surface area (Å²) in [5.74, 6) is -0.370. The van der Waals surface area contributed by atoms with Crippen LogP contribution in [0, 0.1) is 5.92 Å². The van der Waals surface area contributed by atoms with Crippen LogP contribution in [0.3, 0.4) is 0 Å². The largest absolute Gasteiger partial charge is 0.396 e. The van der Waals surface area contributed by atoms with Crippen molar-refractivity contribution in [2.24, 2.45) is 5.92 Å². The standard InChI is InChI=1S/C6H12O4/c7-2-3-1-4(8)6(10)5(3)9/h3-10H,1-2H2/t3-,4-,5+,6+/m0/s1. The molecule has 60 valence electrons. The average Bonchev–Trinajstić information content (AvgIpc) is 2.17. The summed E-state index contributed by atoms with van der Waals surface area (Å²) in [6, 6.07) is 0. The Labute approximate surface area is 58.7 Å². The van der Waals surface area contributed by atoms with Gasteiger partial charge in [0.25, 0.3) is 0 Å². The zero-order valence-corrected chi connectivity index (χ0v) is 5.51. The molecule has 0 aliphatic heterocycles. The Morgan fingerprint density at radius 3 is 1.90 bits per heavy atom. The van der Waals surface area contributed by atoms with Crippen LogP contribution in [-0.2, 0) is 0 Å². The summed E-state index contributed by atoms with van der Waals surface area (Å²) in [5, 5.41) is 35.6. The smallest absolute Gasteiger partial charge is 0.106 e. The predicted molar refractivity (Wildman–Crippen MR) is 33.2 cm³/mol. The van der Waals surface area contributed by atoms with E-state index in [0.29, 0.717) is 0 Å². The van der Waals surface area contributed by atoms with Gasteiger partial charge < -0.3 is 20.4 Å². The summed E-state index contributed by atoms with van der Waals surface area (Å²) in [4.78, 5) is 0. The van der Waals surface area contributed by atoms with Crippen molar-refractivity contribution in [3.63, 3.8) is 0 Å². The predicted octanol–water partition coefficient (Wildman–Crippen LogP) is -1.92. The van der Waals surface area contributed by atoms with Gasteiger partial charge in [-0.1, -0.05) is 0 Å². The molecule has 0 radical (unpaired) electrons.